The molecule has 1 aliphatic heterocycles. The van der Waals surface area contributed by atoms with Gasteiger partial charge < -0.3 is 4.90 Å². The normalized spacial score (nSPS) is 25.2. The molecule has 2 aromatic carbocycles. The van der Waals surface area contributed by atoms with Crippen LogP contribution in [-0.4, -0.2) is 55.8 Å². The van der Waals surface area contributed by atoms with E-state index in [0.717, 1.165) is 69.9 Å². The van der Waals surface area contributed by atoms with Crippen LogP contribution < -0.4 is 0 Å². The predicted molar refractivity (Wildman–Crippen MR) is 169 cm³/mol. The summed E-state index contributed by atoms with van der Waals surface area (Å²) in [4.78, 5) is 42.1. The third-order valence-corrected chi connectivity index (χ3v) is 12.3. The summed E-state index contributed by atoms with van der Waals surface area (Å²) in [7, 11) is -4.16. The third-order valence-electron chi connectivity index (χ3n) is 10.6. The molecule has 2 aliphatic carbocycles. The summed E-state index contributed by atoms with van der Waals surface area (Å²) in [5, 5.41) is 0. The molecule has 0 N–H and O–H groups in total. The minimum absolute atomic E-state index is 0.00244. The zero-order chi connectivity index (χ0) is 32.1. The summed E-state index contributed by atoms with van der Waals surface area (Å²) >= 11 is 0. The molecule has 9 heteroatoms. The van der Waals surface area contributed by atoms with Gasteiger partial charge in [-0.3, -0.25) is 18.8 Å². The first-order valence-electron chi connectivity index (χ1n) is 16.6. The molecule has 1 amide bonds. The lowest BCUT2D eigenvalue weighted by Crippen LogP contribution is -2.48. The van der Waals surface area contributed by atoms with Crippen LogP contribution in [0, 0.1) is 35.4 Å². The zero-order valence-electron chi connectivity index (χ0n) is 26.1. The molecule has 3 aliphatic rings. The average Bonchev–Trinajstić information content (AvgIpc) is 3.50. The number of likely N-dealkylation sites (tertiary alicyclic amines) is 1. The molecule has 5 rings (SSSR count). The Balaban J connectivity index is 1.27. The van der Waals surface area contributed by atoms with Crippen molar-refractivity contribution in [1.29, 1.82) is 0 Å². The van der Waals surface area contributed by atoms with E-state index in [9.17, 15) is 31.6 Å². The summed E-state index contributed by atoms with van der Waals surface area (Å²) in [5.74, 6) is -1.61. The molecule has 0 spiro atoms. The van der Waals surface area contributed by atoms with Gasteiger partial charge in [0.1, 0.15) is 16.5 Å². The summed E-state index contributed by atoms with van der Waals surface area (Å²) in [6.45, 7) is 2.19. The molecule has 1 heterocycles. The van der Waals surface area contributed by atoms with Crippen molar-refractivity contribution in [1.82, 2.24) is 4.90 Å². The van der Waals surface area contributed by atoms with Crippen molar-refractivity contribution >= 4 is 27.3 Å². The number of carbonyl (C=O) groups excluding carboxylic acids is 3. The Labute approximate surface area is 265 Å². The number of hydrogen-bond donors (Lipinski definition) is 0. The minimum atomic E-state index is -4.16. The Morgan fingerprint density at radius 1 is 0.889 bits per heavy atom. The summed E-state index contributed by atoms with van der Waals surface area (Å²) in [5.41, 5.74) is 0.859. The van der Waals surface area contributed by atoms with Crippen LogP contribution in [-0.2, 0) is 25.8 Å². The van der Waals surface area contributed by atoms with Crippen molar-refractivity contribution < 1.29 is 31.6 Å². The van der Waals surface area contributed by atoms with E-state index in [1.807, 2.05) is 11.8 Å². The maximum Gasteiger partial charge on any atom is 0.226 e. The second-order valence-corrected chi connectivity index (χ2v) is 15.5. The molecule has 2 saturated carbocycles. The van der Waals surface area contributed by atoms with Gasteiger partial charge in [0.25, 0.3) is 0 Å². The predicted octanol–water partition coefficient (Wildman–Crippen LogP) is 6.80. The van der Waals surface area contributed by atoms with Crippen LogP contribution in [0.3, 0.4) is 0 Å². The largest absolute Gasteiger partial charge is 0.332 e. The number of Topliss-reactive ketones (excluding diaryl/α,β-unsaturated/α-hetero) is 2. The molecule has 244 valence electrons. The average molecular weight is 642 g/mol. The number of hydrogen-bond acceptors (Lipinski definition) is 5. The maximum atomic E-state index is 14.1. The van der Waals surface area contributed by atoms with E-state index < -0.39 is 38.1 Å². The highest BCUT2D eigenvalue weighted by Crippen LogP contribution is 2.42. The molecule has 0 bridgehead atoms. The van der Waals surface area contributed by atoms with Crippen LogP contribution in [0.2, 0.25) is 0 Å². The molecule has 0 radical (unpaired) electrons. The third kappa shape index (κ3) is 7.72. The van der Waals surface area contributed by atoms with Crippen LogP contribution in [0.25, 0.3) is 0 Å². The van der Waals surface area contributed by atoms with Gasteiger partial charge in [0.2, 0.25) is 5.91 Å². The number of sulfone groups is 1. The van der Waals surface area contributed by atoms with Crippen LogP contribution in [0.4, 0.5) is 8.78 Å². The molecule has 45 heavy (non-hydrogen) atoms. The van der Waals surface area contributed by atoms with E-state index in [2.05, 4.69) is 0 Å². The highest BCUT2D eigenvalue weighted by atomic mass is 32.2. The fourth-order valence-corrected chi connectivity index (χ4v) is 9.29. The van der Waals surface area contributed by atoms with Crippen LogP contribution >= 0.6 is 0 Å². The first-order valence-corrected chi connectivity index (χ1v) is 18.2. The van der Waals surface area contributed by atoms with Crippen LogP contribution in [0.5, 0.6) is 0 Å². The van der Waals surface area contributed by atoms with Crippen molar-refractivity contribution in [3.8, 4) is 0 Å². The molecular formula is C36H45F2NO5S. The molecule has 0 unspecified atom stereocenters. The highest BCUT2D eigenvalue weighted by molar-refractivity contribution is 7.92. The monoisotopic (exact) mass is 641 g/mol. The fourth-order valence-electron chi connectivity index (χ4n) is 7.97. The van der Waals surface area contributed by atoms with Crippen molar-refractivity contribution in [2.24, 2.45) is 29.6 Å². The topological polar surface area (TPSA) is 88.6 Å². The van der Waals surface area contributed by atoms with Crippen molar-refractivity contribution in [2.45, 2.75) is 88.5 Å². The minimum Gasteiger partial charge on any atom is -0.332 e. The number of nitrogens with zero attached hydrogens (tertiary/aromatic N) is 1. The Bertz CT molecular complexity index is 1460. The molecular weight excluding hydrogens is 596 g/mol. The molecule has 0 aromatic heterocycles. The lowest BCUT2D eigenvalue weighted by Gasteiger charge is -2.37. The van der Waals surface area contributed by atoms with E-state index in [0.29, 0.717) is 23.9 Å². The van der Waals surface area contributed by atoms with E-state index in [1.54, 1.807) is 12.1 Å². The number of halogens is 2. The first-order chi connectivity index (χ1) is 21.6. The Kier molecular flexibility index (Phi) is 10.9. The second-order valence-electron chi connectivity index (χ2n) is 13.5. The van der Waals surface area contributed by atoms with Gasteiger partial charge >= 0.3 is 0 Å². The molecule has 3 atom stereocenters. The van der Waals surface area contributed by atoms with Crippen LogP contribution in [0.15, 0.2) is 53.4 Å². The Morgan fingerprint density at radius 3 is 2.20 bits per heavy atom. The fraction of sp³-hybridized carbons (Fsp3) is 0.583. The number of benzene rings is 2. The summed E-state index contributed by atoms with van der Waals surface area (Å²) in [6.07, 6.45) is 9.75. The van der Waals surface area contributed by atoms with Gasteiger partial charge in [0.05, 0.1) is 12.7 Å². The van der Waals surface area contributed by atoms with Gasteiger partial charge in [-0.15, -0.1) is 0 Å². The van der Waals surface area contributed by atoms with Gasteiger partial charge in [-0.25, -0.2) is 12.8 Å². The number of alkyl halides is 1. The van der Waals surface area contributed by atoms with Gasteiger partial charge in [0, 0.05) is 24.4 Å². The van der Waals surface area contributed by atoms with E-state index in [-0.39, 0.29) is 48.1 Å². The summed E-state index contributed by atoms with van der Waals surface area (Å²) in [6, 6.07) is 10.8. The van der Waals surface area contributed by atoms with Crippen molar-refractivity contribution in [2.75, 3.05) is 19.0 Å². The first kappa shape index (κ1) is 33.4. The van der Waals surface area contributed by atoms with E-state index in [4.69, 9.17) is 0 Å². The Hall–Kier alpha value is -2.94. The quantitative estimate of drug-likeness (QED) is 0.252. The van der Waals surface area contributed by atoms with Crippen molar-refractivity contribution in [3.05, 3.63) is 65.5 Å². The SMILES string of the molecule is C[C@H](CF)C1CCC(C(=O)N2CC[C@@H](C3CCCCC3)[C@H]2C(=O)Cc2ccc(C(=O)CS(=O)(=O)c3ccccc3F)cc2)CC1. The van der Waals surface area contributed by atoms with Gasteiger partial charge in [-0.05, 0) is 73.5 Å². The molecule has 2 aromatic rings. The zero-order valence-corrected chi connectivity index (χ0v) is 27.0. The Morgan fingerprint density at radius 2 is 1.56 bits per heavy atom. The highest BCUT2D eigenvalue weighted by Gasteiger charge is 2.46. The number of carbonyl (C=O) groups is 3. The maximum absolute atomic E-state index is 14.1. The van der Waals surface area contributed by atoms with Gasteiger partial charge in [0.15, 0.2) is 21.4 Å². The lowest BCUT2D eigenvalue weighted by atomic mass is 9.74. The lowest BCUT2D eigenvalue weighted by molar-refractivity contribution is -0.143. The number of rotatable bonds is 11. The van der Waals surface area contributed by atoms with Gasteiger partial charge in [-0.1, -0.05) is 75.4 Å². The smallest absolute Gasteiger partial charge is 0.226 e. The van der Waals surface area contributed by atoms with E-state index in [1.165, 1.54) is 30.7 Å². The van der Waals surface area contributed by atoms with Gasteiger partial charge in [-0.2, -0.15) is 0 Å². The molecule has 6 nitrogen and oxygen atoms in total. The molecule has 3 fully saturated rings. The van der Waals surface area contributed by atoms with E-state index >= 15 is 0 Å². The second kappa shape index (κ2) is 14.7. The standard InChI is InChI=1S/C36H45F2NO5S/c1-24(22-37)26-15-17-29(18-16-26)36(42)39-20-19-30(27-7-3-2-4-8-27)35(39)32(40)21-25-11-13-28(14-12-25)33(41)23-45(43,44)34-10-6-5-9-31(34)38/h5-6,9-14,24,26-27,29-30,35H,2-4,7-8,15-23H2,1H3/t24-,26?,29?,30+,35+/m1/s1. The van der Waals surface area contributed by atoms with Crippen LogP contribution in [0.1, 0.15) is 87.1 Å². The van der Waals surface area contributed by atoms with Crippen molar-refractivity contribution in [3.63, 3.8) is 0 Å². The summed E-state index contributed by atoms with van der Waals surface area (Å²) < 4.78 is 52.6. The number of amides is 1. The number of ketones is 2. The molecule has 1 saturated heterocycles.